The average molecular weight is 406 g/mol. The number of rotatable bonds is 8. The lowest BCUT2D eigenvalue weighted by Crippen LogP contribution is -2.52. The molecule has 1 unspecified atom stereocenters. The van der Waals surface area contributed by atoms with Gasteiger partial charge >= 0.3 is 0 Å². The van der Waals surface area contributed by atoms with Crippen molar-refractivity contribution in [2.24, 2.45) is 5.41 Å². The van der Waals surface area contributed by atoms with E-state index < -0.39 is 0 Å². The number of piperidine rings is 1. The molecule has 1 aliphatic rings. The molecule has 2 N–H and O–H groups in total. The number of nitrogens with zero attached hydrogens (tertiary/aromatic N) is 1. The van der Waals surface area contributed by atoms with E-state index in [2.05, 4.69) is 53.8 Å². The standard InChI is InChI=1S/C19H31N3O2.2ClH/c1-16(22(2)14-17-7-5-4-6-8-17)13-21-18(23)19(15-24-3)9-11-20-12-10-19;;/h4-8,16,20H,9-15H2,1-3H3,(H,21,23);2*1H. The Bertz CT molecular complexity index is 505. The molecule has 0 bridgehead atoms. The Balaban J connectivity index is 0.00000312. The van der Waals surface area contributed by atoms with Gasteiger partial charge in [0, 0.05) is 26.2 Å². The lowest BCUT2D eigenvalue weighted by Gasteiger charge is -2.36. The first kappa shape index (κ1) is 25.1. The maximum absolute atomic E-state index is 12.8. The summed E-state index contributed by atoms with van der Waals surface area (Å²) in [6.45, 7) is 5.93. The first-order valence-corrected chi connectivity index (χ1v) is 8.79. The van der Waals surface area contributed by atoms with Crippen molar-refractivity contribution in [1.82, 2.24) is 15.5 Å². The number of methoxy groups -OCH3 is 1. The molecule has 2 rings (SSSR count). The van der Waals surface area contributed by atoms with E-state index in [1.54, 1.807) is 7.11 Å². The molecule has 26 heavy (non-hydrogen) atoms. The zero-order valence-corrected chi connectivity index (χ0v) is 17.6. The smallest absolute Gasteiger partial charge is 0.228 e. The number of hydrogen-bond donors (Lipinski definition) is 2. The molecule has 1 aromatic rings. The quantitative estimate of drug-likeness (QED) is 0.697. The molecular weight excluding hydrogens is 373 g/mol. The van der Waals surface area contributed by atoms with Crippen molar-refractivity contribution in [2.45, 2.75) is 32.4 Å². The summed E-state index contributed by atoms with van der Waals surface area (Å²) >= 11 is 0. The third-order valence-electron chi connectivity index (χ3n) is 5.05. The molecule has 5 nitrogen and oxygen atoms in total. The van der Waals surface area contributed by atoms with E-state index in [0.717, 1.165) is 32.5 Å². The Morgan fingerprint density at radius 2 is 1.88 bits per heavy atom. The van der Waals surface area contributed by atoms with Gasteiger partial charge in [-0.15, -0.1) is 24.8 Å². The highest BCUT2D eigenvalue weighted by molar-refractivity contribution is 5.85. The highest BCUT2D eigenvalue weighted by atomic mass is 35.5. The summed E-state index contributed by atoms with van der Waals surface area (Å²) in [4.78, 5) is 15.0. The predicted molar refractivity (Wildman–Crippen MR) is 111 cm³/mol. The van der Waals surface area contributed by atoms with E-state index in [4.69, 9.17) is 4.74 Å². The number of nitrogens with one attached hydrogen (secondary N) is 2. The monoisotopic (exact) mass is 405 g/mol. The third-order valence-corrected chi connectivity index (χ3v) is 5.05. The van der Waals surface area contributed by atoms with Crippen LogP contribution in [0.1, 0.15) is 25.3 Å². The Hall–Kier alpha value is -0.850. The van der Waals surface area contributed by atoms with Crippen LogP contribution in [0, 0.1) is 5.41 Å². The number of ether oxygens (including phenoxy) is 1. The second kappa shape index (κ2) is 12.5. The van der Waals surface area contributed by atoms with Crippen LogP contribution in [-0.2, 0) is 16.1 Å². The average Bonchev–Trinajstić information content (AvgIpc) is 2.61. The van der Waals surface area contributed by atoms with Crippen LogP contribution in [-0.4, -0.2) is 57.2 Å². The van der Waals surface area contributed by atoms with Crippen LogP contribution in [0.3, 0.4) is 0 Å². The third kappa shape index (κ3) is 7.05. The van der Waals surface area contributed by atoms with Crippen LogP contribution in [0.2, 0.25) is 0 Å². The van der Waals surface area contributed by atoms with Crippen molar-refractivity contribution in [2.75, 3.05) is 40.4 Å². The summed E-state index contributed by atoms with van der Waals surface area (Å²) in [5.74, 6) is 0.130. The van der Waals surface area contributed by atoms with Gasteiger partial charge in [-0.2, -0.15) is 0 Å². The maximum atomic E-state index is 12.8. The van der Waals surface area contributed by atoms with Gasteiger partial charge in [0.05, 0.1) is 12.0 Å². The van der Waals surface area contributed by atoms with Gasteiger partial charge in [0.1, 0.15) is 0 Å². The molecule has 0 radical (unpaired) electrons. The zero-order chi connectivity index (χ0) is 17.4. The Morgan fingerprint density at radius 3 is 2.46 bits per heavy atom. The second-order valence-corrected chi connectivity index (χ2v) is 6.92. The van der Waals surface area contributed by atoms with Gasteiger partial charge in [-0.1, -0.05) is 30.3 Å². The number of halogens is 2. The first-order chi connectivity index (χ1) is 11.6. The van der Waals surface area contributed by atoms with Gasteiger partial charge in [0.15, 0.2) is 0 Å². The molecule has 1 fully saturated rings. The molecule has 0 aromatic heterocycles. The van der Waals surface area contributed by atoms with E-state index >= 15 is 0 Å². The van der Waals surface area contributed by atoms with Crippen molar-refractivity contribution in [1.29, 1.82) is 0 Å². The van der Waals surface area contributed by atoms with Gasteiger partial charge in [-0.05, 0) is 45.5 Å². The van der Waals surface area contributed by atoms with E-state index in [1.807, 2.05) is 6.07 Å². The van der Waals surface area contributed by atoms with Crippen LogP contribution in [0.4, 0.5) is 0 Å². The normalized spacial score (nSPS) is 16.9. The molecule has 0 saturated carbocycles. The summed E-state index contributed by atoms with van der Waals surface area (Å²) in [7, 11) is 3.77. The van der Waals surface area contributed by atoms with Crippen molar-refractivity contribution in [3.8, 4) is 0 Å². The molecule has 7 heteroatoms. The molecule has 1 atom stereocenters. The SMILES string of the molecule is COCC1(C(=O)NCC(C)N(C)Cc2ccccc2)CCNCC1.Cl.Cl. The predicted octanol–water partition coefficient (Wildman–Crippen LogP) is 2.48. The van der Waals surface area contributed by atoms with Gasteiger partial charge in [0.2, 0.25) is 5.91 Å². The number of carbonyl (C=O) groups excluding carboxylic acids is 1. The first-order valence-electron chi connectivity index (χ1n) is 8.79. The summed E-state index contributed by atoms with van der Waals surface area (Å²) in [5, 5.41) is 6.48. The molecule has 1 aromatic carbocycles. The fourth-order valence-corrected chi connectivity index (χ4v) is 3.23. The van der Waals surface area contributed by atoms with Gasteiger partial charge in [-0.25, -0.2) is 0 Å². The molecule has 0 spiro atoms. The fraction of sp³-hybridized carbons (Fsp3) is 0.632. The summed E-state index contributed by atoms with van der Waals surface area (Å²) < 4.78 is 5.34. The molecule has 150 valence electrons. The second-order valence-electron chi connectivity index (χ2n) is 6.92. The Labute approximate surface area is 170 Å². The fourth-order valence-electron chi connectivity index (χ4n) is 3.23. The molecule has 1 aliphatic heterocycles. The van der Waals surface area contributed by atoms with Crippen LogP contribution < -0.4 is 10.6 Å². The molecule has 1 amide bonds. The van der Waals surface area contributed by atoms with Crippen LogP contribution in [0.25, 0.3) is 0 Å². The highest BCUT2D eigenvalue weighted by Gasteiger charge is 2.39. The number of carbonyl (C=O) groups is 1. The summed E-state index contributed by atoms with van der Waals surface area (Å²) in [6.07, 6.45) is 1.67. The van der Waals surface area contributed by atoms with Crippen molar-refractivity contribution in [3.05, 3.63) is 35.9 Å². The van der Waals surface area contributed by atoms with Gasteiger partial charge < -0.3 is 15.4 Å². The minimum absolute atomic E-state index is 0. The molecule has 1 heterocycles. The van der Waals surface area contributed by atoms with Gasteiger partial charge in [-0.3, -0.25) is 9.69 Å². The molecular formula is C19H33Cl2N3O2. The number of amides is 1. The summed E-state index contributed by atoms with van der Waals surface area (Å²) in [6, 6.07) is 10.7. The van der Waals surface area contributed by atoms with E-state index in [0.29, 0.717) is 13.2 Å². The lowest BCUT2D eigenvalue weighted by atomic mass is 9.78. The Kier molecular flexibility index (Phi) is 12.1. The molecule has 0 aliphatic carbocycles. The lowest BCUT2D eigenvalue weighted by molar-refractivity contribution is -0.136. The van der Waals surface area contributed by atoms with E-state index in [9.17, 15) is 4.79 Å². The zero-order valence-electron chi connectivity index (χ0n) is 16.0. The van der Waals surface area contributed by atoms with Gasteiger partial charge in [0.25, 0.3) is 0 Å². The van der Waals surface area contributed by atoms with E-state index in [1.165, 1.54) is 5.56 Å². The Morgan fingerprint density at radius 1 is 1.27 bits per heavy atom. The number of benzene rings is 1. The van der Waals surface area contributed by atoms with Crippen molar-refractivity contribution < 1.29 is 9.53 Å². The van der Waals surface area contributed by atoms with Crippen LogP contribution >= 0.6 is 24.8 Å². The minimum Gasteiger partial charge on any atom is -0.384 e. The largest absolute Gasteiger partial charge is 0.384 e. The minimum atomic E-state index is -0.377. The highest BCUT2D eigenvalue weighted by Crippen LogP contribution is 2.29. The van der Waals surface area contributed by atoms with Crippen LogP contribution in [0.5, 0.6) is 0 Å². The van der Waals surface area contributed by atoms with Crippen molar-refractivity contribution in [3.63, 3.8) is 0 Å². The van der Waals surface area contributed by atoms with E-state index in [-0.39, 0.29) is 42.2 Å². The van der Waals surface area contributed by atoms with Crippen LogP contribution in [0.15, 0.2) is 30.3 Å². The maximum Gasteiger partial charge on any atom is 0.228 e. The molecule has 1 saturated heterocycles. The number of likely N-dealkylation sites (N-methyl/N-ethyl adjacent to an activating group) is 1. The topological polar surface area (TPSA) is 53.6 Å². The van der Waals surface area contributed by atoms with Crippen molar-refractivity contribution >= 4 is 30.7 Å². The summed E-state index contributed by atoms with van der Waals surface area (Å²) in [5.41, 5.74) is 0.907. The number of hydrogen-bond acceptors (Lipinski definition) is 4.